The van der Waals surface area contributed by atoms with Gasteiger partial charge in [0.15, 0.2) is 0 Å². The van der Waals surface area contributed by atoms with Crippen molar-refractivity contribution in [1.82, 2.24) is 0 Å². The molecule has 1 atom stereocenters. The van der Waals surface area contributed by atoms with Gasteiger partial charge in [0.25, 0.3) is 0 Å². The Hall–Kier alpha value is -1.60. The smallest absolute Gasteiger partial charge is 0.0793 e. The fourth-order valence-corrected chi connectivity index (χ4v) is 2.47. The highest BCUT2D eigenvalue weighted by atomic mass is 16.3. The van der Waals surface area contributed by atoms with Crippen molar-refractivity contribution in [1.29, 1.82) is 0 Å². The summed E-state index contributed by atoms with van der Waals surface area (Å²) in [5.74, 6) is 0. The van der Waals surface area contributed by atoms with Crippen LogP contribution in [0.2, 0.25) is 0 Å². The molecule has 0 saturated heterocycles. The number of benzene rings is 2. The van der Waals surface area contributed by atoms with Crippen LogP contribution in [-0.4, -0.2) is 5.11 Å². The van der Waals surface area contributed by atoms with E-state index in [0.29, 0.717) is 0 Å². The maximum atomic E-state index is 10.2. The molecule has 106 valence electrons. The molecule has 1 heteroatoms. The Morgan fingerprint density at radius 1 is 0.900 bits per heavy atom. The summed E-state index contributed by atoms with van der Waals surface area (Å²) in [4.78, 5) is 0. The zero-order valence-corrected chi connectivity index (χ0v) is 12.3. The molecule has 0 radical (unpaired) electrons. The fraction of sp³-hybridized carbons (Fsp3) is 0.368. The average Bonchev–Trinajstić information content (AvgIpc) is 2.52. The first-order valence-corrected chi connectivity index (χ1v) is 7.60. The van der Waals surface area contributed by atoms with Gasteiger partial charge in [0.2, 0.25) is 0 Å². The second-order valence-corrected chi connectivity index (χ2v) is 5.39. The highest BCUT2D eigenvalue weighted by Gasteiger charge is 2.07. The van der Waals surface area contributed by atoms with Gasteiger partial charge in [-0.15, -0.1) is 0 Å². The minimum Gasteiger partial charge on any atom is -0.388 e. The Morgan fingerprint density at radius 3 is 2.30 bits per heavy atom. The summed E-state index contributed by atoms with van der Waals surface area (Å²) >= 11 is 0. The molecule has 0 aliphatic carbocycles. The molecule has 0 amide bonds. The maximum absolute atomic E-state index is 10.2. The first-order valence-electron chi connectivity index (χ1n) is 7.60. The van der Waals surface area contributed by atoms with Crippen molar-refractivity contribution < 1.29 is 5.11 Å². The number of aryl methyl sites for hydroxylation is 2. The van der Waals surface area contributed by atoms with Crippen LogP contribution in [0, 0.1) is 0 Å². The standard InChI is InChI=1S/C19H24O/c1-2-3-8-16-9-7-10-17(15-16)13-14-19(20)18-11-5-4-6-12-18/h4-7,9-12,15,19-20H,2-3,8,13-14H2,1H3/t19-/m1/s1. The van der Waals surface area contributed by atoms with Gasteiger partial charge in [0.1, 0.15) is 0 Å². The first kappa shape index (κ1) is 14.8. The quantitative estimate of drug-likeness (QED) is 0.772. The van der Waals surface area contributed by atoms with Gasteiger partial charge in [-0.25, -0.2) is 0 Å². The molecular formula is C19H24O. The number of unbranched alkanes of at least 4 members (excludes halogenated alkanes) is 1. The predicted molar refractivity (Wildman–Crippen MR) is 84.8 cm³/mol. The van der Waals surface area contributed by atoms with Crippen molar-refractivity contribution in [2.45, 2.75) is 45.1 Å². The van der Waals surface area contributed by atoms with Gasteiger partial charge in [-0.1, -0.05) is 67.9 Å². The van der Waals surface area contributed by atoms with Crippen LogP contribution in [0.3, 0.4) is 0 Å². The van der Waals surface area contributed by atoms with Crippen molar-refractivity contribution in [3.63, 3.8) is 0 Å². The molecule has 1 nitrogen and oxygen atoms in total. The van der Waals surface area contributed by atoms with Crippen LogP contribution < -0.4 is 0 Å². The summed E-state index contributed by atoms with van der Waals surface area (Å²) in [6, 6.07) is 18.7. The van der Waals surface area contributed by atoms with Crippen molar-refractivity contribution in [2.75, 3.05) is 0 Å². The normalized spacial score (nSPS) is 12.3. The summed E-state index contributed by atoms with van der Waals surface area (Å²) < 4.78 is 0. The molecule has 2 rings (SSSR count). The molecule has 0 bridgehead atoms. The number of hydrogen-bond acceptors (Lipinski definition) is 1. The Bertz CT molecular complexity index is 504. The second kappa shape index (κ2) is 7.86. The molecule has 0 spiro atoms. The van der Waals surface area contributed by atoms with Gasteiger partial charge in [-0.05, 0) is 42.4 Å². The molecule has 2 aromatic rings. The van der Waals surface area contributed by atoms with Crippen molar-refractivity contribution in [3.05, 3.63) is 71.3 Å². The minimum atomic E-state index is -0.365. The molecule has 0 unspecified atom stereocenters. The van der Waals surface area contributed by atoms with Gasteiger partial charge < -0.3 is 5.11 Å². The van der Waals surface area contributed by atoms with Crippen molar-refractivity contribution >= 4 is 0 Å². The molecule has 0 aliphatic heterocycles. The minimum absolute atomic E-state index is 0.365. The van der Waals surface area contributed by atoms with E-state index in [-0.39, 0.29) is 6.10 Å². The van der Waals surface area contributed by atoms with E-state index in [9.17, 15) is 5.11 Å². The third-order valence-corrected chi connectivity index (χ3v) is 3.70. The maximum Gasteiger partial charge on any atom is 0.0793 e. The van der Waals surface area contributed by atoms with E-state index < -0.39 is 0 Å². The summed E-state index contributed by atoms with van der Waals surface area (Å²) in [7, 11) is 0. The Balaban J connectivity index is 1.90. The molecule has 1 N–H and O–H groups in total. The van der Waals surface area contributed by atoms with Crippen molar-refractivity contribution in [2.24, 2.45) is 0 Å². The van der Waals surface area contributed by atoms with Gasteiger partial charge >= 0.3 is 0 Å². The number of rotatable bonds is 7. The lowest BCUT2D eigenvalue weighted by Gasteiger charge is -2.11. The van der Waals surface area contributed by atoms with Crippen LogP contribution in [-0.2, 0) is 12.8 Å². The Kier molecular flexibility index (Phi) is 5.82. The summed E-state index contributed by atoms with van der Waals surface area (Å²) in [6.45, 7) is 2.22. The Morgan fingerprint density at radius 2 is 1.60 bits per heavy atom. The Labute approximate surface area is 122 Å². The van der Waals surface area contributed by atoms with E-state index in [4.69, 9.17) is 0 Å². The summed E-state index contributed by atoms with van der Waals surface area (Å²) in [5, 5.41) is 10.2. The second-order valence-electron chi connectivity index (χ2n) is 5.39. The number of aliphatic hydroxyl groups is 1. The van der Waals surface area contributed by atoms with Gasteiger partial charge in [-0.2, -0.15) is 0 Å². The highest BCUT2D eigenvalue weighted by molar-refractivity contribution is 5.24. The molecule has 0 heterocycles. The molecule has 2 aromatic carbocycles. The first-order chi connectivity index (χ1) is 9.79. The van der Waals surface area contributed by atoms with E-state index in [1.165, 1.54) is 24.0 Å². The number of aliphatic hydroxyl groups excluding tert-OH is 1. The third-order valence-electron chi connectivity index (χ3n) is 3.70. The molecule has 0 saturated carbocycles. The summed E-state index contributed by atoms with van der Waals surface area (Å²) in [6.07, 6.45) is 4.98. The molecule has 0 aliphatic rings. The zero-order valence-electron chi connectivity index (χ0n) is 12.3. The largest absolute Gasteiger partial charge is 0.388 e. The van der Waals surface area contributed by atoms with E-state index in [2.05, 4.69) is 31.2 Å². The predicted octanol–water partition coefficient (Wildman–Crippen LogP) is 4.70. The monoisotopic (exact) mass is 268 g/mol. The average molecular weight is 268 g/mol. The fourth-order valence-electron chi connectivity index (χ4n) is 2.47. The van der Waals surface area contributed by atoms with Crippen molar-refractivity contribution in [3.8, 4) is 0 Å². The van der Waals surface area contributed by atoms with Crippen LogP contribution in [0.15, 0.2) is 54.6 Å². The zero-order chi connectivity index (χ0) is 14.2. The molecule has 0 fully saturated rings. The molecule has 0 aromatic heterocycles. The molecular weight excluding hydrogens is 244 g/mol. The van der Waals surface area contributed by atoms with Crippen LogP contribution in [0.5, 0.6) is 0 Å². The lowest BCUT2D eigenvalue weighted by Crippen LogP contribution is -1.99. The lowest BCUT2D eigenvalue weighted by molar-refractivity contribution is 0.168. The van der Waals surface area contributed by atoms with E-state index in [1.54, 1.807) is 0 Å². The van der Waals surface area contributed by atoms with Crippen LogP contribution in [0.25, 0.3) is 0 Å². The van der Waals surface area contributed by atoms with Gasteiger partial charge in [0, 0.05) is 0 Å². The van der Waals surface area contributed by atoms with E-state index in [0.717, 1.165) is 24.8 Å². The number of hydrogen-bond donors (Lipinski definition) is 1. The topological polar surface area (TPSA) is 20.2 Å². The lowest BCUT2D eigenvalue weighted by atomic mass is 9.99. The third kappa shape index (κ3) is 4.50. The SMILES string of the molecule is CCCCc1cccc(CC[C@@H](O)c2ccccc2)c1. The van der Waals surface area contributed by atoms with Crippen LogP contribution in [0.4, 0.5) is 0 Å². The van der Waals surface area contributed by atoms with Crippen LogP contribution >= 0.6 is 0 Å². The summed E-state index contributed by atoms with van der Waals surface area (Å²) in [5.41, 5.74) is 3.75. The van der Waals surface area contributed by atoms with E-state index in [1.807, 2.05) is 30.3 Å². The van der Waals surface area contributed by atoms with Gasteiger partial charge in [-0.3, -0.25) is 0 Å². The van der Waals surface area contributed by atoms with Gasteiger partial charge in [0.05, 0.1) is 6.10 Å². The highest BCUT2D eigenvalue weighted by Crippen LogP contribution is 2.19. The molecule has 20 heavy (non-hydrogen) atoms. The van der Waals surface area contributed by atoms with Crippen LogP contribution in [0.1, 0.15) is 49.0 Å². The van der Waals surface area contributed by atoms with E-state index >= 15 is 0 Å².